The van der Waals surface area contributed by atoms with Gasteiger partial charge in [-0.2, -0.15) is 0 Å². The molecule has 1 aromatic carbocycles. The first-order valence-corrected chi connectivity index (χ1v) is 6.82. The van der Waals surface area contributed by atoms with E-state index in [1.807, 2.05) is 23.1 Å². The average Bonchev–Trinajstić information content (AvgIpc) is 3.21. The van der Waals surface area contributed by atoms with Crippen LogP contribution in [0.5, 0.6) is 0 Å². The van der Waals surface area contributed by atoms with Crippen molar-refractivity contribution in [3.8, 4) is 0 Å². The third kappa shape index (κ3) is 3.33. The smallest absolute Gasteiger partial charge is 0.240 e. The Labute approximate surface area is 109 Å². The van der Waals surface area contributed by atoms with Gasteiger partial charge in [0.2, 0.25) is 5.91 Å². The summed E-state index contributed by atoms with van der Waals surface area (Å²) < 4.78 is 0. The minimum atomic E-state index is -0.334. The van der Waals surface area contributed by atoms with Crippen LogP contribution in [0.3, 0.4) is 0 Å². The molecule has 0 heterocycles. The molecule has 1 atom stereocenters. The Balaban J connectivity index is 2.02. The fourth-order valence-corrected chi connectivity index (χ4v) is 2.20. The maximum absolute atomic E-state index is 12.3. The zero-order valence-corrected chi connectivity index (χ0v) is 11.0. The summed E-state index contributed by atoms with van der Waals surface area (Å²) in [4.78, 5) is 14.3. The maximum atomic E-state index is 12.3. The highest BCUT2D eigenvalue weighted by Crippen LogP contribution is 2.29. The van der Waals surface area contributed by atoms with E-state index >= 15 is 0 Å². The molecule has 98 valence electrons. The fraction of sp³-hybridized carbons (Fsp3) is 0.533. The van der Waals surface area contributed by atoms with Gasteiger partial charge in [0.1, 0.15) is 0 Å². The molecule has 3 heteroatoms. The molecule has 1 fully saturated rings. The Hall–Kier alpha value is -1.35. The van der Waals surface area contributed by atoms with Gasteiger partial charge in [-0.3, -0.25) is 4.79 Å². The fourth-order valence-electron chi connectivity index (χ4n) is 2.20. The third-order valence-electron chi connectivity index (χ3n) is 3.38. The highest BCUT2D eigenvalue weighted by molar-refractivity contribution is 5.82. The average molecular weight is 246 g/mol. The number of hydrogen-bond donors (Lipinski definition) is 1. The zero-order valence-electron chi connectivity index (χ0n) is 11.0. The van der Waals surface area contributed by atoms with Crippen molar-refractivity contribution in [3.63, 3.8) is 0 Å². The van der Waals surface area contributed by atoms with E-state index in [-0.39, 0.29) is 11.9 Å². The molecule has 0 aromatic heterocycles. The molecular weight excluding hydrogens is 224 g/mol. The lowest BCUT2D eigenvalue weighted by Gasteiger charge is -2.25. The Bertz CT molecular complexity index is 387. The number of nitrogens with two attached hydrogens (primary N) is 1. The predicted molar refractivity (Wildman–Crippen MR) is 72.9 cm³/mol. The van der Waals surface area contributed by atoms with Crippen molar-refractivity contribution in [3.05, 3.63) is 35.9 Å². The zero-order chi connectivity index (χ0) is 13.0. The van der Waals surface area contributed by atoms with Crippen LogP contribution in [0.25, 0.3) is 0 Å². The van der Waals surface area contributed by atoms with E-state index in [2.05, 4.69) is 19.1 Å². The Morgan fingerprint density at radius 2 is 2.06 bits per heavy atom. The van der Waals surface area contributed by atoms with Gasteiger partial charge in [0.15, 0.2) is 0 Å². The number of hydrogen-bond acceptors (Lipinski definition) is 2. The van der Waals surface area contributed by atoms with Crippen LogP contribution >= 0.6 is 0 Å². The van der Waals surface area contributed by atoms with Gasteiger partial charge in [0.05, 0.1) is 6.04 Å². The minimum Gasteiger partial charge on any atom is -0.334 e. The van der Waals surface area contributed by atoms with E-state index in [1.165, 1.54) is 5.56 Å². The van der Waals surface area contributed by atoms with Gasteiger partial charge in [-0.15, -0.1) is 0 Å². The quantitative estimate of drug-likeness (QED) is 0.837. The molecule has 1 saturated carbocycles. The lowest BCUT2D eigenvalue weighted by atomic mass is 10.1. The molecule has 3 nitrogen and oxygen atoms in total. The van der Waals surface area contributed by atoms with Gasteiger partial charge in [-0.05, 0) is 24.8 Å². The molecule has 18 heavy (non-hydrogen) atoms. The van der Waals surface area contributed by atoms with Crippen molar-refractivity contribution in [2.24, 2.45) is 5.73 Å². The van der Waals surface area contributed by atoms with Crippen LogP contribution in [0.1, 0.15) is 38.2 Å². The normalized spacial score (nSPS) is 16.3. The number of carbonyl (C=O) groups is 1. The molecule has 1 aliphatic rings. The first-order valence-electron chi connectivity index (χ1n) is 6.82. The van der Waals surface area contributed by atoms with E-state index in [9.17, 15) is 4.79 Å². The number of carbonyl (C=O) groups excluding carboxylic acids is 1. The number of rotatable bonds is 6. The van der Waals surface area contributed by atoms with Crippen LogP contribution in [0.2, 0.25) is 0 Å². The van der Waals surface area contributed by atoms with Gasteiger partial charge in [0, 0.05) is 12.6 Å². The molecule has 2 N–H and O–H groups in total. The van der Waals surface area contributed by atoms with Crippen LogP contribution < -0.4 is 5.73 Å². The number of benzene rings is 1. The molecule has 0 unspecified atom stereocenters. The summed E-state index contributed by atoms with van der Waals surface area (Å²) in [6.45, 7) is 2.76. The van der Waals surface area contributed by atoms with Crippen LogP contribution in [0.15, 0.2) is 30.3 Å². The summed E-state index contributed by atoms with van der Waals surface area (Å²) in [6, 6.07) is 10.2. The van der Waals surface area contributed by atoms with Crippen molar-refractivity contribution in [2.75, 3.05) is 0 Å². The van der Waals surface area contributed by atoms with Crippen LogP contribution in [0, 0.1) is 0 Å². The first kappa shape index (κ1) is 13.1. The van der Waals surface area contributed by atoms with E-state index < -0.39 is 0 Å². The minimum absolute atomic E-state index is 0.114. The highest BCUT2D eigenvalue weighted by Gasteiger charge is 2.34. The van der Waals surface area contributed by atoms with Crippen LogP contribution in [0.4, 0.5) is 0 Å². The van der Waals surface area contributed by atoms with Crippen molar-refractivity contribution < 1.29 is 4.79 Å². The SMILES string of the molecule is CCC[C@H](N)C(=O)N(Cc1ccccc1)C1CC1. The van der Waals surface area contributed by atoms with E-state index in [0.717, 1.165) is 25.7 Å². The predicted octanol–water partition coefficient (Wildman–Crippen LogP) is 2.31. The second-order valence-electron chi connectivity index (χ2n) is 5.08. The van der Waals surface area contributed by atoms with E-state index in [0.29, 0.717) is 12.6 Å². The summed E-state index contributed by atoms with van der Waals surface area (Å²) >= 11 is 0. The van der Waals surface area contributed by atoms with Crippen molar-refractivity contribution >= 4 is 5.91 Å². The highest BCUT2D eigenvalue weighted by atomic mass is 16.2. The van der Waals surface area contributed by atoms with Crippen LogP contribution in [-0.2, 0) is 11.3 Å². The number of nitrogens with zero attached hydrogens (tertiary/aromatic N) is 1. The second kappa shape index (κ2) is 6.01. The standard InChI is InChI=1S/C15H22N2O/c1-2-6-14(16)15(18)17(13-9-10-13)11-12-7-4-3-5-8-12/h3-5,7-8,13-14H,2,6,9-11,16H2,1H3/t14-/m0/s1. The van der Waals surface area contributed by atoms with E-state index in [1.54, 1.807) is 0 Å². The van der Waals surface area contributed by atoms with Gasteiger partial charge in [-0.1, -0.05) is 43.7 Å². The summed E-state index contributed by atoms with van der Waals surface area (Å²) in [7, 11) is 0. The molecule has 0 bridgehead atoms. The third-order valence-corrected chi connectivity index (χ3v) is 3.38. The lowest BCUT2D eigenvalue weighted by Crippen LogP contribution is -2.44. The molecule has 0 aliphatic heterocycles. The summed E-state index contributed by atoms with van der Waals surface area (Å²) in [5.41, 5.74) is 7.14. The molecule has 2 rings (SSSR count). The topological polar surface area (TPSA) is 46.3 Å². The molecule has 0 radical (unpaired) electrons. The second-order valence-corrected chi connectivity index (χ2v) is 5.08. The number of amides is 1. The van der Waals surface area contributed by atoms with Gasteiger partial charge >= 0.3 is 0 Å². The monoisotopic (exact) mass is 246 g/mol. The summed E-state index contributed by atoms with van der Waals surface area (Å²) in [5.74, 6) is 0.114. The van der Waals surface area contributed by atoms with Gasteiger partial charge < -0.3 is 10.6 Å². The summed E-state index contributed by atoms with van der Waals surface area (Å²) in [5, 5.41) is 0. The molecular formula is C15H22N2O. The Morgan fingerprint density at radius 3 is 2.61 bits per heavy atom. The Morgan fingerprint density at radius 1 is 1.39 bits per heavy atom. The maximum Gasteiger partial charge on any atom is 0.240 e. The molecule has 1 aromatic rings. The summed E-state index contributed by atoms with van der Waals surface area (Å²) in [6.07, 6.45) is 3.97. The Kier molecular flexibility index (Phi) is 4.37. The molecule has 1 aliphatic carbocycles. The van der Waals surface area contributed by atoms with Crippen molar-refractivity contribution in [1.29, 1.82) is 0 Å². The van der Waals surface area contributed by atoms with Crippen molar-refractivity contribution in [2.45, 2.75) is 51.2 Å². The van der Waals surface area contributed by atoms with Crippen molar-refractivity contribution in [1.82, 2.24) is 4.90 Å². The lowest BCUT2D eigenvalue weighted by molar-refractivity contribution is -0.134. The molecule has 0 saturated heterocycles. The molecule has 1 amide bonds. The molecule has 0 spiro atoms. The largest absolute Gasteiger partial charge is 0.334 e. The first-order chi connectivity index (χ1) is 8.72. The van der Waals surface area contributed by atoms with Crippen LogP contribution in [-0.4, -0.2) is 22.9 Å². The van der Waals surface area contributed by atoms with Gasteiger partial charge in [-0.25, -0.2) is 0 Å². The van der Waals surface area contributed by atoms with E-state index in [4.69, 9.17) is 5.73 Å². The van der Waals surface area contributed by atoms with Gasteiger partial charge in [0.25, 0.3) is 0 Å².